The molecule has 0 saturated carbocycles. The highest BCUT2D eigenvalue weighted by molar-refractivity contribution is 8.00. The second-order valence-electron chi connectivity index (χ2n) is 11.4. The number of β-lactam (4-membered cyclic amide) rings is 1. The molecule has 5 aromatic rings. The maximum atomic E-state index is 14.1. The van der Waals surface area contributed by atoms with Crippen molar-refractivity contribution in [3.8, 4) is 0 Å². The van der Waals surface area contributed by atoms with Gasteiger partial charge < -0.3 is 21.0 Å². The summed E-state index contributed by atoms with van der Waals surface area (Å²) in [6.07, 6.45) is 3.66. The van der Waals surface area contributed by atoms with E-state index in [1.54, 1.807) is 0 Å². The van der Waals surface area contributed by atoms with Gasteiger partial charge in [-0.2, -0.15) is 9.36 Å². The molecule has 1 saturated heterocycles. The summed E-state index contributed by atoms with van der Waals surface area (Å²) in [5, 5.41) is 16.8. The van der Waals surface area contributed by atoms with E-state index >= 15 is 0 Å². The molecule has 50 heavy (non-hydrogen) atoms. The topological polar surface area (TPSA) is 164 Å². The largest absolute Gasteiger partial charge is 0.477 e. The molecule has 0 bridgehead atoms. The van der Waals surface area contributed by atoms with Crippen molar-refractivity contribution in [2.75, 3.05) is 11.5 Å². The van der Waals surface area contributed by atoms with Gasteiger partial charge in [0.2, 0.25) is 17.1 Å². The van der Waals surface area contributed by atoms with E-state index < -0.39 is 34.8 Å². The normalized spacial score (nSPS) is 17.5. The number of benzene rings is 3. The van der Waals surface area contributed by atoms with Crippen LogP contribution in [0.4, 0.5) is 5.13 Å². The number of carboxylic acid groups (broad SMARTS) is 1. The molecular weight excluding hydrogens is 675 g/mol. The number of thioether (sulfide) groups is 1. The summed E-state index contributed by atoms with van der Waals surface area (Å²) in [6.45, 7) is 0.306. The summed E-state index contributed by atoms with van der Waals surface area (Å²) in [5.41, 5.74) is 7.05. The average molecular weight is 705 g/mol. The van der Waals surface area contributed by atoms with Crippen molar-refractivity contribution in [1.82, 2.24) is 19.6 Å². The third kappa shape index (κ3) is 6.10. The number of aliphatic carboxylic acids is 1. The number of carboxylic acids is 1. The minimum absolute atomic E-state index is 0.0786. The molecule has 0 radical (unpaired) electrons. The number of pyridine rings is 1. The second kappa shape index (κ2) is 13.9. The van der Waals surface area contributed by atoms with E-state index in [4.69, 9.17) is 10.6 Å². The molecule has 2 amide bonds. The van der Waals surface area contributed by atoms with Crippen LogP contribution in [0.15, 0.2) is 138 Å². The maximum Gasteiger partial charge on any atom is 0.352 e. The molecule has 2 aromatic heterocycles. The molecule has 1 fully saturated rings. The predicted octanol–water partition coefficient (Wildman–Crippen LogP) is 3.56. The van der Waals surface area contributed by atoms with Crippen LogP contribution in [-0.4, -0.2) is 60.0 Å². The lowest BCUT2D eigenvalue weighted by Crippen LogP contribution is -2.71. The molecule has 12 nitrogen and oxygen atoms in total. The fourth-order valence-electron chi connectivity index (χ4n) is 6.08. The first-order valence-corrected chi connectivity index (χ1v) is 17.4. The zero-order chi connectivity index (χ0) is 34.7. The summed E-state index contributed by atoms with van der Waals surface area (Å²) in [6, 6.07) is 33.0. The molecule has 2 aliphatic heterocycles. The Kier molecular flexibility index (Phi) is 9.11. The monoisotopic (exact) mass is 704 g/mol. The standard InChI is InChI=1S/C36H29N7O5S2/c37-35-39-30(41-50-35)27(40-48-36(24-13-5-1-6-14-24,25-15-7-2-8-16-25)26-17-9-3-10-18-26)31(44)38-28-32(45)43-29(34(46)47)23(22-49-33(28)43)21-42-19-11-4-12-20-42/h1-20,28,33H,21-22H2,(H3-,37,38,39,41,44,46,47)/p+1/b40-27-/t28?,33-/m1/s1. The predicted molar refractivity (Wildman–Crippen MR) is 187 cm³/mol. The van der Waals surface area contributed by atoms with Gasteiger partial charge in [-0.05, 0) is 0 Å². The van der Waals surface area contributed by atoms with Gasteiger partial charge in [0.15, 0.2) is 24.1 Å². The van der Waals surface area contributed by atoms with Crippen molar-refractivity contribution >= 4 is 51.9 Å². The molecule has 14 heteroatoms. The zero-order valence-electron chi connectivity index (χ0n) is 26.3. The van der Waals surface area contributed by atoms with Crippen LogP contribution in [0.25, 0.3) is 0 Å². The molecule has 1 unspecified atom stereocenters. The van der Waals surface area contributed by atoms with Crippen LogP contribution in [0.2, 0.25) is 0 Å². The lowest BCUT2D eigenvalue weighted by molar-refractivity contribution is -0.689. The summed E-state index contributed by atoms with van der Waals surface area (Å²) in [5.74, 6) is -2.28. The van der Waals surface area contributed by atoms with Gasteiger partial charge in [0, 0.05) is 51.7 Å². The van der Waals surface area contributed by atoms with E-state index in [1.807, 2.05) is 126 Å². The lowest BCUT2D eigenvalue weighted by Gasteiger charge is -2.49. The number of nitrogens with zero attached hydrogens (tertiary/aromatic N) is 5. The van der Waals surface area contributed by atoms with Crippen LogP contribution in [0, 0.1) is 0 Å². The number of aromatic nitrogens is 3. The number of amides is 2. The van der Waals surface area contributed by atoms with Gasteiger partial charge in [-0.15, -0.1) is 11.8 Å². The Morgan fingerprint density at radius 3 is 2.02 bits per heavy atom. The molecule has 4 heterocycles. The number of anilines is 1. The highest BCUT2D eigenvalue weighted by Crippen LogP contribution is 2.42. The number of nitrogens with two attached hydrogens (primary N) is 1. The van der Waals surface area contributed by atoms with Crippen LogP contribution in [0.1, 0.15) is 22.5 Å². The van der Waals surface area contributed by atoms with E-state index in [2.05, 4.69) is 19.8 Å². The average Bonchev–Trinajstić information content (AvgIpc) is 3.59. The van der Waals surface area contributed by atoms with Crippen molar-refractivity contribution in [1.29, 1.82) is 0 Å². The smallest absolute Gasteiger partial charge is 0.352 e. The van der Waals surface area contributed by atoms with Crippen molar-refractivity contribution in [3.05, 3.63) is 155 Å². The lowest BCUT2D eigenvalue weighted by atomic mass is 9.80. The van der Waals surface area contributed by atoms with Gasteiger partial charge in [0.25, 0.3) is 11.8 Å². The van der Waals surface area contributed by atoms with E-state index in [0.717, 1.165) is 28.2 Å². The number of hydrogen-bond donors (Lipinski definition) is 3. The molecule has 2 aliphatic rings. The van der Waals surface area contributed by atoms with Crippen molar-refractivity contribution in [2.24, 2.45) is 5.16 Å². The fraction of sp³-hybridized carbons (Fsp3) is 0.139. The number of nitrogen functional groups attached to an aromatic ring is 1. The van der Waals surface area contributed by atoms with Crippen molar-refractivity contribution in [2.45, 2.75) is 23.6 Å². The first-order valence-electron chi connectivity index (χ1n) is 15.5. The number of nitrogens with one attached hydrogen (secondary N) is 1. The molecule has 3 aromatic carbocycles. The van der Waals surface area contributed by atoms with Crippen LogP contribution in [0.5, 0.6) is 0 Å². The molecule has 250 valence electrons. The Balaban J connectivity index is 1.23. The van der Waals surface area contributed by atoms with Crippen molar-refractivity contribution in [3.63, 3.8) is 0 Å². The molecule has 4 N–H and O–H groups in total. The maximum absolute atomic E-state index is 14.1. The quantitative estimate of drug-likeness (QED) is 0.0614. The SMILES string of the molecule is Nc1nc(/C(=N/OC(c2ccccc2)(c2ccccc2)c2ccccc2)C(=O)NC2C(=O)N3C(C(=O)O)=C(C[n+]4ccccc4)CS[C@H]23)ns1. The first kappa shape index (κ1) is 32.7. The number of carbonyl (C=O) groups is 3. The number of carbonyl (C=O) groups excluding carboxylic acids is 2. The van der Waals surface area contributed by atoms with E-state index in [1.165, 1.54) is 16.7 Å². The number of hydrogen-bond acceptors (Lipinski definition) is 10. The highest BCUT2D eigenvalue weighted by Gasteiger charge is 2.55. The molecule has 0 aliphatic carbocycles. The number of rotatable bonds is 11. The summed E-state index contributed by atoms with van der Waals surface area (Å²) in [4.78, 5) is 52.0. The molecule has 7 rings (SSSR count). The summed E-state index contributed by atoms with van der Waals surface area (Å²) < 4.78 is 6.08. The summed E-state index contributed by atoms with van der Waals surface area (Å²) in [7, 11) is 0. The van der Waals surface area contributed by atoms with Crippen LogP contribution >= 0.6 is 23.3 Å². The third-order valence-electron chi connectivity index (χ3n) is 8.37. The van der Waals surface area contributed by atoms with Gasteiger partial charge in [-0.25, -0.2) is 9.36 Å². The highest BCUT2D eigenvalue weighted by atomic mass is 32.2. The molecule has 2 atom stereocenters. The van der Waals surface area contributed by atoms with Gasteiger partial charge >= 0.3 is 5.97 Å². The minimum Gasteiger partial charge on any atom is -0.477 e. The minimum atomic E-state index is -1.31. The summed E-state index contributed by atoms with van der Waals surface area (Å²) >= 11 is 2.25. The fourth-order valence-corrected chi connectivity index (χ4v) is 7.85. The Morgan fingerprint density at radius 1 is 0.940 bits per heavy atom. The van der Waals surface area contributed by atoms with E-state index in [9.17, 15) is 19.5 Å². The number of fused-ring (bicyclic) bond motifs is 1. The van der Waals surface area contributed by atoms with Crippen LogP contribution < -0.4 is 15.6 Å². The van der Waals surface area contributed by atoms with Crippen LogP contribution in [-0.2, 0) is 31.4 Å². The zero-order valence-corrected chi connectivity index (χ0v) is 28.0. The van der Waals surface area contributed by atoms with Gasteiger partial charge in [-0.1, -0.05) is 102 Å². The molecular formula is C36H30N7O5S2+. The van der Waals surface area contributed by atoms with E-state index in [0.29, 0.717) is 17.9 Å². The van der Waals surface area contributed by atoms with Gasteiger partial charge in [-0.3, -0.25) is 14.5 Å². The van der Waals surface area contributed by atoms with Gasteiger partial charge in [0.05, 0.1) is 0 Å². The van der Waals surface area contributed by atoms with E-state index in [-0.39, 0.29) is 22.4 Å². The first-order chi connectivity index (χ1) is 24.4. The van der Waals surface area contributed by atoms with Crippen molar-refractivity contribution < 1.29 is 28.9 Å². The third-order valence-corrected chi connectivity index (χ3v) is 10.3. The molecule has 0 spiro atoms. The Bertz CT molecular complexity index is 2000. The Hall–Kier alpha value is -5.86. The van der Waals surface area contributed by atoms with Crippen LogP contribution in [0.3, 0.4) is 0 Å². The Labute approximate surface area is 295 Å². The number of oxime groups is 1. The second-order valence-corrected chi connectivity index (χ2v) is 13.3. The Morgan fingerprint density at radius 2 is 1.50 bits per heavy atom. The van der Waals surface area contributed by atoms with Gasteiger partial charge in [0.1, 0.15) is 17.1 Å².